The SMILES string of the molecule is O=S(=O)(O)c1c(NS(=O)(=O)c2ccc3ccccc3c2)ccc2ccccc12. The van der Waals surface area contributed by atoms with Crippen LogP contribution in [0.2, 0.25) is 0 Å². The number of hydrogen-bond acceptors (Lipinski definition) is 4. The molecule has 0 unspecified atom stereocenters. The lowest BCUT2D eigenvalue weighted by molar-refractivity contribution is 0.484. The molecule has 0 spiro atoms. The molecule has 2 N–H and O–H groups in total. The highest BCUT2D eigenvalue weighted by Gasteiger charge is 2.23. The fourth-order valence-corrected chi connectivity index (χ4v) is 5.17. The van der Waals surface area contributed by atoms with E-state index in [4.69, 9.17) is 0 Å². The zero-order chi connectivity index (χ0) is 19.9. The molecular formula is C20H15NO5S2. The maximum atomic E-state index is 12.9. The van der Waals surface area contributed by atoms with E-state index in [0.29, 0.717) is 5.39 Å². The normalized spacial score (nSPS) is 12.3. The van der Waals surface area contributed by atoms with Gasteiger partial charge in [0.15, 0.2) is 0 Å². The highest BCUT2D eigenvalue weighted by molar-refractivity contribution is 7.93. The number of nitrogens with one attached hydrogen (secondary N) is 1. The van der Waals surface area contributed by atoms with Gasteiger partial charge in [-0.15, -0.1) is 0 Å². The Morgan fingerprint density at radius 2 is 1.29 bits per heavy atom. The Balaban J connectivity index is 1.86. The van der Waals surface area contributed by atoms with Crippen molar-refractivity contribution < 1.29 is 21.4 Å². The van der Waals surface area contributed by atoms with Gasteiger partial charge in [-0.25, -0.2) is 8.42 Å². The third-order valence-electron chi connectivity index (χ3n) is 4.41. The molecule has 0 aromatic heterocycles. The largest absolute Gasteiger partial charge is 0.297 e. The molecule has 0 saturated carbocycles. The van der Waals surface area contributed by atoms with E-state index >= 15 is 0 Å². The molecule has 0 bridgehead atoms. The molecule has 0 aliphatic carbocycles. The second-order valence-corrected chi connectivity index (χ2v) is 9.29. The van der Waals surface area contributed by atoms with E-state index in [9.17, 15) is 21.4 Å². The zero-order valence-electron chi connectivity index (χ0n) is 14.4. The van der Waals surface area contributed by atoms with Crippen LogP contribution in [-0.4, -0.2) is 21.4 Å². The summed E-state index contributed by atoms with van der Waals surface area (Å²) in [5, 5.41) is 2.40. The number of hydrogen-bond donors (Lipinski definition) is 2. The third-order valence-corrected chi connectivity index (χ3v) is 6.73. The van der Waals surface area contributed by atoms with Crippen molar-refractivity contribution >= 4 is 47.4 Å². The third kappa shape index (κ3) is 3.33. The van der Waals surface area contributed by atoms with Crippen molar-refractivity contribution in [3.05, 3.63) is 78.9 Å². The second-order valence-electron chi connectivity index (χ2n) is 6.25. The number of rotatable bonds is 4. The van der Waals surface area contributed by atoms with Gasteiger partial charge in [0, 0.05) is 5.39 Å². The predicted molar refractivity (Wildman–Crippen MR) is 109 cm³/mol. The van der Waals surface area contributed by atoms with Gasteiger partial charge in [-0.3, -0.25) is 9.27 Å². The Hall–Kier alpha value is -2.94. The molecule has 0 aliphatic rings. The lowest BCUT2D eigenvalue weighted by atomic mass is 10.1. The topological polar surface area (TPSA) is 101 Å². The Kier molecular flexibility index (Phi) is 4.34. The molecule has 4 aromatic carbocycles. The van der Waals surface area contributed by atoms with Crippen LogP contribution in [0.15, 0.2) is 88.7 Å². The van der Waals surface area contributed by atoms with Crippen molar-refractivity contribution in [1.29, 1.82) is 0 Å². The van der Waals surface area contributed by atoms with Crippen molar-refractivity contribution in [3.63, 3.8) is 0 Å². The highest BCUT2D eigenvalue weighted by atomic mass is 32.2. The first kappa shape index (κ1) is 18.4. The molecule has 0 heterocycles. The van der Waals surface area contributed by atoms with Gasteiger partial charge in [-0.1, -0.05) is 60.7 Å². The van der Waals surface area contributed by atoms with Crippen molar-refractivity contribution in [3.8, 4) is 0 Å². The summed E-state index contributed by atoms with van der Waals surface area (Å²) in [4.78, 5) is -0.490. The Morgan fingerprint density at radius 3 is 2.00 bits per heavy atom. The van der Waals surface area contributed by atoms with Crippen LogP contribution in [0.3, 0.4) is 0 Å². The van der Waals surface area contributed by atoms with Crippen LogP contribution in [0, 0.1) is 0 Å². The van der Waals surface area contributed by atoms with E-state index in [1.165, 1.54) is 24.3 Å². The Morgan fingerprint density at radius 1 is 0.679 bits per heavy atom. The Bertz CT molecular complexity index is 1430. The predicted octanol–water partition coefficient (Wildman–Crippen LogP) is 4.04. The highest BCUT2D eigenvalue weighted by Crippen LogP contribution is 2.32. The summed E-state index contributed by atoms with van der Waals surface area (Å²) >= 11 is 0. The summed E-state index contributed by atoms with van der Waals surface area (Å²) in [6, 6.07) is 21.3. The van der Waals surface area contributed by atoms with Gasteiger partial charge in [0.1, 0.15) is 4.90 Å². The fourth-order valence-electron chi connectivity index (χ4n) is 3.14. The van der Waals surface area contributed by atoms with Gasteiger partial charge in [0.05, 0.1) is 10.6 Å². The Labute approximate surface area is 162 Å². The first-order valence-electron chi connectivity index (χ1n) is 8.27. The number of anilines is 1. The molecule has 0 radical (unpaired) electrons. The summed E-state index contributed by atoms with van der Waals surface area (Å²) in [5.41, 5.74) is -0.214. The van der Waals surface area contributed by atoms with Gasteiger partial charge < -0.3 is 0 Å². The average Bonchev–Trinajstić information content (AvgIpc) is 2.66. The van der Waals surface area contributed by atoms with E-state index < -0.39 is 25.0 Å². The minimum atomic E-state index is -4.68. The molecule has 0 fully saturated rings. The molecule has 6 nitrogen and oxygen atoms in total. The van der Waals surface area contributed by atoms with Crippen LogP contribution in [0.1, 0.15) is 0 Å². The van der Waals surface area contributed by atoms with Crippen LogP contribution in [0.4, 0.5) is 5.69 Å². The zero-order valence-corrected chi connectivity index (χ0v) is 16.0. The van der Waals surface area contributed by atoms with Crippen LogP contribution in [0.25, 0.3) is 21.5 Å². The van der Waals surface area contributed by atoms with Gasteiger partial charge in [-0.05, 0) is 34.4 Å². The molecule has 28 heavy (non-hydrogen) atoms. The van der Waals surface area contributed by atoms with Crippen molar-refractivity contribution in [2.45, 2.75) is 9.79 Å². The van der Waals surface area contributed by atoms with E-state index in [2.05, 4.69) is 4.72 Å². The average molecular weight is 413 g/mol. The molecule has 4 aromatic rings. The van der Waals surface area contributed by atoms with E-state index in [-0.39, 0.29) is 16.0 Å². The molecule has 0 saturated heterocycles. The maximum Gasteiger partial charge on any atom is 0.297 e. The lowest BCUT2D eigenvalue weighted by Gasteiger charge is -2.14. The standard InChI is InChI=1S/C20H15NO5S2/c22-27(23,17-11-9-14-5-1-2-7-16(14)13-17)21-19-12-10-15-6-3-4-8-18(15)20(19)28(24,25)26/h1-13,21H,(H,24,25,26). The summed E-state index contributed by atoms with van der Waals surface area (Å²) in [5.74, 6) is 0. The second kappa shape index (κ2) is 6.59. The first-order chi connectivity index (χ1) is 13.3. The van der Waals surface area contributed by atoms with E-state index in [1.807, 2.05) is 12.1 Å². The molecule has 0 aliphatic heterocycles. The van der Waals surface area contributed by atoms with Crippen LogP contribution < -0.4 is 4.72 Å². The van der Waals surface area contributed by atoms with Gasteiger partial charge in [0.25, 0.3) is 20.1 Å². The van der Waals surface area contributed by atoms with Crippen LogP contribution in [-0.2, 0) is 20.1 Å². The lowest BCUT2D eigenvalue weighted by Crippen LogP contribution is -2.15. The van der Waals surface area contributed by atoms with E-state index in [1.54, 1.807) is 42.5 Å². The van der Waals surface area contributed by atoms with Gasteiger partial charge in [-0.2, -0.15) is 8.42 Å². The summed E-state index contributed by atoms with van der Waals surface area (Å²) < 4.78 is 61.7. The van der Waals surface area contributed by atoms with Gasteiger partial charge in [0.2, 0.25) is 0 Å². The number of fused-ring (bicyclic) bond motifs is 2. The minimum absolute atomic E-state index is 0.0133. The fraction of sp³-hybridized carbons (Fsp3) is 0. The quantitative estimate of drug-likeness (QED) is 0.492. The first-order valence-corrected chi connectivity index (χ1v) is 11.2. The van der Waals surface area contributed by atoms with Crippen molar-refractivity contribution in [2.24, 2.45) is 0 Å². The van der Waals surface area contributed by atoms with Crippen LogP contribution in [0.5, 0.6) is 0 Å². The molecule has 142 valence electrons. The molecular weight excluding hydrogens is 398 g/mol. The van der Waals surface area contributed by atoms with E-state index in [0.717, 1.165) is 10.8 Å². The number of benzene rings is 4. The minimum Gasteiger partial charge on any atom is -0.282 e. The van der Waals surface area contributed by atoms with Crippen LogP contribution >= 0.6 is 0 Å². The number of sulfonamides is 1. The smallest absolute Gasteiger partial charge is 0.282 e. The molecule has 0 atom stereocenters. The van der Waals surface area contributed by atoms with Crippen molar-refractivity contribution in [2.75, 3.05) is 4.72 Å². The maximum absolute atomic E-state index is 12.9. The molecule has 8 heteroatoms. The molecule has 4 rings (SSSR count). The monoisotopic (exact) mass is 413 g/mol. The van der Waals surface area contributed by atoms with Crippen molar-refractivity contribution in [1.82, 2.24) is 0 Å². The summed E-state index contributed by atoms with van der Waals surface area (Å²) in [6.45, 7) is 0. The summed E-state index contributed by atoms with van der Waals surface area (Å²) in [6.07, 6.45) is 0. The summed E-state index contributed by atoms with van der Waals surface area (Å²) in [7, 11) is -8.76. The molecule has 0 amide bonds. The van der Waals surface area contributed by atoms with Gasteiger partial charge >= 0.3 is 0 Å².